The highest BCUT2D eigenvalue weighted by molar-refractivity contribution is 14.1. The molecule has 5 heteroatoms. The number of aryl methyl sites for hydroxylation is 2. The van der Waals surface area contributed by atoms with Gasteiger partial charge in [0, 0.05) is 27.8 Å². The minimum absolute atomic E-state index is 0.548. The summed E-state index contributed by atoms with van der Waals surface area (Å²) < 4.78 is 3.29. The van der Waals surface area contributed by atoms with Crippen LogP contribution < -0.4 is 0 Å². The molecule has 0 aliphatic rings. The van der Waals surface area contributed by atoms with E-state index in [0.717, 1.165) is 34.7 Å². The van der Waals surface area contributed by atoms with Gasteiger partial charge in [0.1, 0.15) is 11.3 Å². The Hall–Kier alpha value is -1.14. The van der Waals surface area contributed by atoms with Crippen LogP contribution >= 0.6 is 34.2 Å². The predicted octanol–water partition coefficient (Wildman–Crippen LogP) is 4.11. The Morgan fingerprint density at radius 3 is 2.90 bits per heavy atom. The summed E-state index contributed by atoms with van der Waals surface area (Å²) >= 11 is 8.23. The van der Waals surface area contributed by atoms with Crippen molar-refractivity contribution in [2.75, 3.05) is 5.88 Å². The van der Waals surface area contributed by atoms with Gasteiger partial charge in [-0.05, 0) is 59.3 Å². The fourth-order valence-electron chi connectivity index (χ4n) is 2.28. The molecule has 2 heterocycles. The number of benzene rings is 1. The lowest BCUT2D eigenvalue weighted by Gasteiger charge is -2.08. The Bertz CT molecular complexity index is 767. The molecule has 3 rings (SSSR count). The zero-order chi connectivity index (χ0) is 14.1. The molecule has 0 atom stereocenters. The number of hydrogen-bond acceptors (Lipinski definition) is 2. The normalized spacial score (nSPS) is 11.2. The monoisotopic (exact) mass is 397 g/mol. The number of aromatic nitrogens is 3. The van der Waals surface area contributed by atoms with Gasteiger partial charge < -0.3 is 0 Å². The van der Waals surface area contributed by atoms with Crippen LogP contribution in [0.1, 0.15) is 11.4 Å². The summed E-state index contributed by atoms with van der Waals surface area (Å²) in [5.41, 5.74) is 4.06. The van der Waals surface area contributed by atoms with Crippen LogP contribution in [-0.4, -0.2) is 20.4 Å². The second-order valence-electron chi connectivity index (χ2n) is 4.58. The van der Waals surface area contributed by atoms with Gasteiger partial charge >= 0.3 is 0 Å². The van der Waals surface area contributed by atoms with E-state index in [0.29, 0.717) is 5.88 Å². The van der Waals surface area contributed by atoms with Crippen LogP contribution in [0.3, 0.4) is 0 Å². The van der Waals surface area contributed by atoms with Crippen LogP contribution in [0, 0.1) is 10.5 Å². The van der Waals surface area contributed by atoms with Crippen molar-refractivity contribution >= 4 is 45.4 Å². The lowest BCUT2D eigenvalue weighted by atomic mass is 10.2. The minimum Gasteiger partial charge on any atom is -0.281 e. The molecule has 0 bridgehead atoms. The highest BCUT2D eigenvalue weighted by Gasteiger charge is 2.14. The Morgan fingerprint density at radius 1 is 1.30 bits per heavy atom. The molecule has 2 aromatic heterocycles. The van der Waals surface area contributed by atoms with E-state index in [4.69, 9.17) is 16.6 Å². The SMILES string of the molecule is Cc1ccnc2c1nc(CCCl)n2-c1cccc(I)c1. The number of hydrogen-bond donors (Lipinski definition) is 0. The van der Waals surface area contributed by atoms with Crippen molar-refractivity contribution in [2.24, 2.45) is 0 Å². The number of nitrogens with zero attached hydrogens (tertiary/aromatic N) is 3. The fourth-order valence-corrected chi connectivity index (χ4v) is 2.97. The zero-order valence-corrected chi connectivity index (χ0v) is 13.9. The van der Waals surface area contributed by atoms with E-state index in [-0.39, 0.29) is 0 Å². The van der Waals surface area contributed by atoms with Crippen molar-refractivity contribution < 1.29 is 0 Å². The molecule has 20 heavy (non-hydrogen) atoms. The van der Waals surface area contributed by atoms with Crippen molar-refractivity contribution in [3.63, 3.8) is 0 Å². The number of alkyl halides is 1. The second-order valence-corrected chi connectivity index (χ2v) is 6.21. The summed E-state index contributed by atoms with van der Waals surface area (Å²) in [6.07, 6.45) is 2.55. The van der Waals surface area contributed by atoms with E-state index in [1.165, 1.54) is 3.57 Å². The third-order valence-electron chi connectivity index (χ3n) is 3.20. The maximum Gasteiger partial charge on any atom is 0.164 e. The number of pyridine rings is 1. The topological polar surface area (TPSA) is 30.7 Å². The standard InChI is InChI=1S/C15H13ClIN3/c1-10-6-8-18-15-14(10)19-13(5-7-16)20(15)12-4-2-3-11(17)9-12/h2-4,6,8-9H,5,7H2,1H3. The van der Waals surface area contributed by atoms with Crippen LogP contribution in [0.5, 0.6) is 0 Å². The molecular formula is C15H13ClIN3. The molecule has 0 aliphatic heterocycles. The van der Waals surface area contributed by atoms with E-state index in [1.54, 1.807) is 0 Å². The molecule has 0 N–H and O–H groups in total. The molecule has 0 radical (unpaired) electrons. The fraction of sp³-hybridized carbons (Fsp3) is 0.200. The van der Waals surface area contributed by atoms with E-state index < -0.39 is 0 Å². The molecule has 1 aromatic carbocycles. The predicted molar refractivity (Wildman–Crippen MR) is 90.7 cm³/mol. The summed E-state index contributed by atoms with van der Waals surface area (Å²) in [6.45, 7) is 2.06. The van der Waals surface area contributed by atoms with E-state index >= 15 is 0 Å². The van der Waals surface area contributed by atoms with Crippen LogP contribution in [-0.2, 0) is 6.42 Å². The highest BCUT2D eigenvalue weighted by Crippen LogP contribution is 2.23. The Morgan fingerprint density at radius 2 is 2.15 bits per heavy atom. The van der Waals surface area contributed by atoms with Crippen LogP contribution in [0.25, 0.3) is 16.9 Å². The molecule has 3 aromatic rings. The number of halogens is 2. The molecule has 0 amide bonds. The quantitative estimate of drug-likeness (QED) is 0.492. The van der Waals surface area contributed by atoms with Gasteiger partial charge in [-0.2, -0.15) is 0 Å². The van der Waals surface area contributed by atoms with E-state index in [9.17, 15) is 0 Å². The van der Waals surface area contributed by atoms with Gasteiger partial charge in [-0.3, -0.25) is 4.57 Å². The maximum absolute atomic E-state index is 5.92. The van der Waals surface area contributed by atoms with Crippen molar-refractivity contribution in [3.05, 3.63) is 51.5 Å². The molecule has 0 fully saturated rings. The van der Waals surface area contributed by atoms with Gasteiger partial charge in [0.25, 0.3) is 0 Å². The highest BCUT2D eigenvalue weighted by atomic mass is 127. The molecule has 0 saturated carbocycles. The number of imidazole rings is 1. The van der Waals surface area contributed by atoms with Crippen molar-refractivity contribution in [1.29, 1.82) is 0 Å². The third-order valence-corrected chi connectivity index (χ3v) is 4.06. The lowest BCUT2D eigenvalue weighted by Crippen LogP contribution is -2.03. The number of fused-ring (bicyclic) bond motifs is 1. The van der Waals surface area contributed by atoms with Crippen LogP contribution in [0.4, 0.5) is 0 Å². The Kier molecular flexibility index (Phi) is 3.94. The Labute approximate surface area is 136 Å². The third kappa shape index (κ3) is 2.42. The van der Waals surface area contributed by atoms with Gasteiger partial charge in [-0.25, -0.2) is 9.97 Å². The average molecular weight is 398 g/mol. The minimum atomic E-state index is 0.548. The first-order valence-corrected chi connectivity index (χ1v) is 7.97. The van der Waals surface area contributed by atoms with Crippen LogP contribution in [0.15, 0.2) is 36.5 Å². The largest absolute Gasteiger partial charge is 0.281 e. The number of rotatable bonds is 3. The summed E-state index contributed by atoms with van der Waals surface area (Å²) in [5.74, 6) is 1.51. The van der Waals surface area contributed by atoms with Gasteiger partial charge in [-0.1, -0.05) is 6.07 Å². The smallest absolute Gasteiger partial charge is 0.164 e. The van der Waals surface area contributed by atoms with Gasteiger partial charge in [0.05, 0.1) is 0 Å². The maximum atomic E-state index is 5.92. The first-order valence-electron chi connectivity index (χ1n) is 6.35. The molecular weight excluding hydrogens is 385 g/mol. The van der Waals surface area contributed by atoms with Crippen LogP contribution in [0.2, 0.25) is 0 Å². The molecule has 102 valence electrons. The first kappa shape index (κ1) is 13.8. The summed E-state index contributed by atoms with van der Waals surface area (Å²) in [6, 6.07) is 10.3. The van der Waals surface area contributed by atoms with E-state index in [2.05, 4.69) is 57.3 Å². The van der Waals surface area contributed by atoms with E-state index in [1.807, 2.05) is 18.3 Å². The first-order chi connectivity index (χ1) is 9.70. The van der Waals surface area contributed by atoms with Crippen molar-refractivity contribution in [1.82, 2.24) is 14.5 Å². The zero-order valence-electron chi connectivity index (χ0n) is 11.0. The lowest BCUT2D eigenvalue weighted by molar-refractivity contribution is 0.905. The summed E-state index contributed by atoms with van der Waals surface area (Å²) in [5, 5.41) is 0. The van der Waals surface area contributed by atoms with Crippen molar-refractivity contribution in [3.8, 4) is 5.69 Å². The summed E-state index contributed by atoms with van der Waals surface area (Å²) in [7, 11) is 0. The average Bonchev–Trinajstić information content (AvgIpc) is 2.79. The molecule has 0 unspecified atom stereocenters. The second kappa shape index (κ2) is 5.69. The van der Waals surface area contributed by atoms with Gasteiger partial charge in [-0.15, -0.1) is 11.6 Å². The van der Waals surface area contributed by atoms with Gasteiger partial charge in [0.2, 0.25) is 0 Å². The van der Waals surface area contributed by atoms with Crippen molar-refractivity contribution in [2.45, 2.75) is 13.3 Å². The molecule has 0 aliphatic carbocycles. The molecule has 3 nitrogen and oxygen atoms in total. The summed E-state index contributed by atoms with van der Waals surface area (Å²) in [4.78, 5) is 9.23. The molecule has 0 saturated heterocycles. The van der Waals surface area contributed by atoms with Gasteiger partial charge in [0.15, 0.2) is 5.65 Å². The Balaban J connectivity index is 2.32. The molecule has 0 spiro atoms.